The van der Waals surface area contributed by atoms with E-state index in [0.717, 1.165) is 62.9 Å². The number of rotatable bonds is 4. The summed E-state index contributed by atoms with van der Waals surface area (Å²) in [5.41, 5.74) is 0. The molecule has 3 aliphatic rings. The van der Waals surface area contributed by atoms with Crippen molar-refractivity contribution in [2.45, 2.75) is 32.6 Å². The quantitative estimate of drug-likeness (QED) is 0.822. The minimum Gasteiger partial charge on any atom is -0.378 e. The fourth-order valence-electron chi connectivity index (χ4n) is 4.51. The summed E-state index contributed by atoms with van der Waals surface area (Å²) in [5, 5.41) is 0. The van der Waals surface area contributed by atoms with Crippen LogP contribution >= 0.6 is 0 Å². The predicted molar refractivity (Wildman–Crippen MR) is 105 cm³/mol. The fourth-order valence-corrected chi connectivity index (χ4v) is 4.51. The average Bonchev–Trinajstić information content (AvgIpc) is 2.71. The van der Waals surface area contributed by atoms with Gasteiger partial charge in [0.05, 0.1) is 13.2 Å². The Morgan fingerprint density at radius 2 is 1.69 bits per heavy atom. The standard InChI is InChI=1S/C20H33N5O/c1-17-4-7-23(8-5-17)14-18-3-2-6-25(15-18)20-13-19(21-16-22-20)24-9-11-26-12-10-24/h13,16-18H,2-12,14-15H2,1H3. The van der Waals surface area contributed by atoms with Crippen molar-refractivity contribution < 1.29 is 4.74 Å². The van der Waals surface area contributed by atoms with Gasteiger partial charge in [0.2, 0.25) is 0 Å². The van der Waals surface area contributed by atoms with Crippen LogP contribution in [-0.4, -0.2) is 73.9 Å². The van der Waals surface area contributed by atoms with Crippen LogP contribution < -0.4 is 9.80 Å². The lowest BCUT2D eigenvalue weighted by molar-refractivity contribution is 0.122. The Hall–Kier alpha value is -1.40. The van der Waals surface area contributed by atoms with Crippen LogP contribution in [0.3, 0.4) is 0 Å². The van der Waals surface area contributed by atoms with E-state index in [4.69, 9.17) is 4.74 Å². The SMILES string of the molecule is CC1CCN(CC2CCCN(c3cc(N4CCOCC4)ncn3)C2)CC1. The summed E-state index contributed by atoms with van der Waals surface area (Å²) in [6.45, 7) is 11.9. The maximum atomic E-state index is 5.46. The van der Waals surface area contributed by atoms with Crippen LogP contribution in [0.1, 0.15) is 32.6 Å². The van der Waals surface area contributed by atoms with Gasteiger partial charge in [-0.15, -0.1) is 0 Å². The van der Waals surface area contributed by atoms with Gasteiger partial charge in [0.1, 0.15) is 18.0 Å². The van der Waals surface area contributed by atoms with Gasteiger partial charge < -0.3 is 19.4 Å². The lowest BCUT2D eigenvalue weighted by atomic mass is 9.94. The van der Waals surface area contributed by atoms with Crippen molar-refractivity contribution in [2.24, 2.45) is 11.8 Å². The molecule has 4 rings (SSSR count). The maximum absolute atomic E-state index is 5.46. The third kappa shape index (κ3) is 4.46. The summed E-state index contributed by atoms with van der Waals surface area (Å²) < 4.78 is 5.46. The van der Waals surface area contributed by atoms with E-state index < -0.39 is 0 Å². The second kappa shape index (κ2) is 8.53. The first-order chi connectivity index (χ1) is 12.8. The van der Waals surface area contributed by atoms with Crippen molar-refractivity contribution in [1.29, 1.82) is 0 Å². The van der Waals surface area contributed by atoms with E-state index in [-0.39, 0.29) is 0 Å². The molecule has 1 aromatic rings. The lowest BCUT2D eigenvalue weighted by Gasteiger charge is -2.38. The van der Waals surface area contributed by atoms with Gasteiger partial charge in [-0.05, 0) is 50.6 Å². The number of likely N-dealkylation sites (tertiary alicyclic amines) is 1. The highest BCUT2D eigenvalue weighted by molar-refractivity contribution is 5.50. The largest absolute Gasteiger partial charge is 0.378 e. The van der Waals surface area contributed by atoms with E-state index in [0.29, 0.717) is 0 Å². The van der Waals surface area contributed by atoms with Crippen molar-refractivity contribution in [3.63, 3.8) is 0 Å². The normalized spacial score (nSPS) is 26.3. The smallest absolute Gasteiger partial charge is 0.134 e. The van der Waals surface area contributed by atoms with E-state index in [1.54, 1.807) is 6.33 Å². The monoisotopic (exact) mass is 359 g/mol. The molecule has 0 saturated carbocycles. The maximum Gasteiger partial charge on any atom is 0.134 e. The first kappa shape index (κ1) is 18.0. The number of hydrogen-bond donors (Lipinski definition) is 0. The van der Waals surface area contributed by atoms with Crippen LogP contribution in [0.2, 0.25) is 0 Å². The number of nitrogens with zero attached hydrogens (tertiary/aromatic N) is 5. The highest BCUT2D eigenvalue weighted by Crippen LogP contribution is 2.26. The Morgan fingerprint density at radius 3 is 2.46 bits per heavy atom. The van der Waals surface area contributed by atoms with Crippen molar-refractivity contribution in [3.05, 3.63) is 12.4 Å². The second-order valence-electron chi connectivity index (χ2n) is 8.27. The highest BCUT2D eigenvalue weighted by Gasteiger charge is 2.25. The van der Waals surface area contributed by atoms with Gasteiger partial charge in [-0.2, -0.15) is 0 Å². The topological polar surface area (TPSA) is 44.7 Å². The summed E-state index contributed by atoms with van der Waals surface area (Å²) in [7, 11) is 0. The van der Waals surface area contributed by atoms with E-state index in [9.17, 15) is 0 Å². The first-order valence-corrected chi connectivity index (χ1v) is 10.4. The Labute approximate surface area is 157 Å². The van der Waals surface area contributed by atoms with E-state index in [2.05, 4.69) is 37.7 Å². The summed E-state index contributed by atoms with van der Waals surface area (Å²) in [4.78, 5) is 16.6. The molecule has 0 spiro atoms. The molecular formula is C20H33N5O. The molecule has 0 N–H and O–H groups in total. The Bertz CT molecular complexity index is 569. The number of morpholine rings is 1. The molecule has 3 saturated heterocycles. The lowest BCUT2D eigenvalue weighted by Crippen LogP contribution is -2.43. The van der Waals surface area contributed by atoms with Gasteiger partial charge in [-0.1, -0.05) is 6.92 Å². The number of ether oxygens (including phenoxy) is 1. The van der Waals surface area contributed by atoms with Gasteiger partial charge >= 0.3 is 0 Å². The van der Waals surface area contributed by atoms with E-state index in [1.165, 1.54) is 45.3 Å². The minimum absolute atomic E-state index is 0.763. The fraction of sp³-hybridized carbons (Fsp3) is 0.800. The first-order valence-electron chi connectivity index (χ1n) is 10.4. The van der Waals surface area contributed by atoms with Crippen LogP contribution in [0, 0.1) is 11.8 Å². The predicted octanol–water partition coefficient (Wildman–Crippen LogP) is 2.26. The van der Waals surface area contributed by atoms with Crippen LogP contribution in [0.4, 0.5) is 11.6 Å². The van der Waals surface area contributed by atoms with Gasteiger partial charge in [-0.25, -0.2) is 9.97 Å². The zero-order chi connectivity index (χ0) is 17.8. The molecule has 6 nitrogen and oxygen atoms in total. The highest BCUT2D eigenvalue weighted by atomic mass is 16.5. The van der Waals surface area contributed by atoms with Crippen molar-refractivity contribution in [1.82, 2.24) is 14.9 Å². The molecule has 0 bridgehead atoms. The zero-order valence-electron chi connectivity index (χ0n) is 16.1. The van der Waals surface area contributed by atoms with Gasteiger partial charge in [0, 0.05) is 38.8 Å². The van der Waals surface area contributed by atoms with Crippen LogP contribution in [0.15, 0.2) is 12.4 Å². The van der Waals surface area contributed by atoms with E-state index in [1.807, 2.05) is 0 Å². The van der Waals surface area contributed by atoms with Crippen LogP contribution in [0.25, 0.3) is 0 Å². The molecule has 0 aliphatic carbocycles. The Kier molecular flexibility index (Phi) is 5.90. The molecule has 3 fully saturated rings. The Balaban J connectivity index is 1.36. The second-order valence-corrected chi connectivity index (χ2v) is 8.27. The van der Waals surface area contributed by atoms with Crippen molar-refractivity contribution >= 4 is 11.6 Å². The third-order valence-corrected chi connectivity index (χ3v) is 6.21. The third-order valence-electron chi connectivity index (χ3n) is 6.21. The molecule has 0 radical (unpaired) electrons. The molecule has 0 aromatic carbocycles. The summed E-state index contributed by atoms with van der Waals surface area (Å²) in [5.74, 6) is 3.82. The van der Waals surface area contributed by atoms with Crippen molar-refractivity contribution in [2.75, 3.05) is 68.8 Å². The van der Waals surface area contributed by atoms with Gasteiger partial charge in [0.25, 0.3) is 0 Å². The summed E-state index contributed by atoms with van der Waals surface area (Å²) >= 11 is 0. The van der Waals surface area contributed by atoms with Gasteiger partial charge in [0.15, 0.2) is 0 Å². The molecule has 1 unspecified atom stereocenters. The molecule has 6 heteroatoms. The molecule has 0 amide bonds. The molecule has 1 atom stereocenters. The number of aromatic nitrogens is 2. The average molecular weight is 360 g/mol. The molecule has 26 heavy (non-hydrogen) atoms. The van der Waals surface area contributed by atoms with Crippen LogP contribution in [-0.2, 0) is 4.74 Å². The molecule has 144 valence electrons. The Morgan fingerprint density at radius 1 is 0.962 bits per heavy atom. The molecule has 4 heterocycles. The summed E-state index contributed by atoms with van der Waals surface area (Å²) in [6, 6.07) is 2.18. The van der Waals surface area contributed by atoms with Crippen LogP contribution in [0.5, 0.6) is 0 Å². The molecular weight excluding hydrogens is 326 g/mol. The number of anilines is 2. The van der Waals surface area contributed by atoms with Crippen molar-refractivity contribution in [3.8, 4) is 0 Å². The zero-order valence-corrected chi connectivity index (χ0v) is 16.1. The molecule has 1 aromatic heterocycles. The summed E-state index contributed by atoms with van der Waals surface area (Å²) in [6.07, 6.45) is 7.09. The van der Waals surface area contributed by atoms with E-state index >= 15 is 0 Å². The minimum atomic E-state index is 0.763. The van der Waals surface area contributed by atoms with Gasteiger partial charge in [-0.3, -0.25) is 0 Å². The molecule has 3 aliphatic heterocycles. The number of hydrogen-bond acceptors (Lipinski definition) is 6. The number of piperidine rings is 2.